The second kappa shape index (κ2) is 5.43. The predicted molar refractivity (Wildman–Crippen MR) is 94.9 cm³/mol. The summed E-state index contributed by atoms with van der Waals surface area (Å²) >= 11 is 1.84. The second-order valence-electron chi connectivity index (χ2n) is 5.28. The Morgan fingerprint density at radius 2 is 1.86 bits per heavy atom. The van der Waals surface area contributed by atoms with Crippen molar-refractivity contribution in [2.75, 3.05) is 0 Å². The van der Waals surface area contributed by atoms with E-state index in [4.69, 9.17) is 0 Å². The SMILES string of the molecule is CC[n+]1c(/C=C/c2c[nH]c3ccccc23)sc2ccccc21. The predicted octanol–water partition coefficient (Wildman–Crippen LogP) is 4.86. The van der Waals surface area contributed by atoms with Gasteiger partial charge in [0.05, 0.1) is 0 Å². The maximum atomic E-state index is 3.32. The van der Waals surface area contributed by atoms with E-state index in [1.165, 1.54) is 31.7 Å². The summed E-state index contributed by atoms with van der Waals surface area (Å²) in [6.07, 6.45) is 6.50. The maximum absolute atomic E-state index is 3.32. The summed E-state index contributed by atoms with van der Waals surface area (Å²) in [6.45, 7) is 3.18. The van der Waals surface area contributed by atoms with Crippen molar-refractivity contribution in [2.45, 2.75) is 13.5 Å². The zero-order valence-corrected chi connectivity index (χ0v) is 13.2. The van der Waals surface area contributed by atoms with E-state index in [1.54, 1.807) is 0 Å². The summed E-state index contributed by atoms with van der Waals surface area (Å²) in [5.74, 6) is 0. The van der Waals surface area contributed by atoms with Crippen molar-refractivity contribution >= 4 is 44.6 Å². The topological polar surface area (TPSA) is 19.7 Å². The van der Waals surface area contributed by atoms with Crippen molar-refractivity contribution < 1.29 is 4.57 Å². The summed E-state index contributed by atoms with van der Waals surface area (Å²) in [7, 11) is 0. The number of hydrogen-bond donors (Lipinski definition) is 1. The molecule has 2 aromatic carbocycles. The fourth-order valence-electron chi connectivity index (χ4n) is 2.90. The van der Waals surface area contributed by atoms with Gasteiger partial charge < -0.3 is 4.98 Å². The van der Waals surface area contributed by atoms with Crippen LogP contribution in [0.2, 0.25) is 0 Å². The van der Waals surface area contributed by atoms with Crippen LogP contribution in [0.4, 0.5) is 0 Å². The van der Waals surface area contributed by atoms with Crippen molar-refractivity contribution in [3.8, 4) is 0 Å². The molecule has 2 aromatic heterocycles. The Morgan fingerprint density at radius 1 is 1.05 bits per heavy atom. The molecule has 4 rings (SSSR count). The fourth-order valence-corrected chi connectivity index (χ4v) is 4.02. The molecule has 1 N–H and O–H groups in total. The normalized spacial score (nSPS) is 11.9. The fraction of sp³-hybridized carbons (Fsp3) is 0.105. The molecular weight excluding hydrogens is 288 g/mol. The molecule has 0 unspecified atom stereocenters. The molecular formula is C19H17N2S+. The van der Waals surface area contributed by atoms with E-state index in [1.807, 2.05) is 11.3 Å². The molecule has 0 saturated carbocycles. The minimum atomic E-state index is 0.984. The average Bonchev–Trinajstić information content (AvgIpc) is 3.13. The highest BCUT2D eigenvalue weighted by atomic mass is 32.1. The highest BCUT2D eigenvalue weighted by Crippen LogP contribution is 2.24. The van der Waals surface area contributed by atoms with Gasteiger partial charge in [0.2, 0.25) is 5.52 Å². The first kappa shape index (κ1) is 13.3. The first-order valence-corrected chi connectivity index (χ1v) is 8.34. The molecule has 0 aliphatic rings. The molecule has 22 heavy (non-hydrogen) atoms. The van der Waals surface area contributed by atoms with Crippen LogP contribution in [-0.2, 0) is 6.54 Å². The summed E-state index contributed by atoms with van der Waals surface area (Å²) < 4.78 is 3.70. The van der Waals surface area contributed by atoms with Crippen LogP contribution in [0.25, 0.3) is 33.3 Å². The largest absolute Gasteiger partial charge is 0.361 e. The average molecular weight is 305 g/mol. The highest BCUT2D eigenvalue weighted by Gasteiger charge is 2.15. The number of hydrogen-bond acceptors (Lipinski definition) is 1. The highest BCUT2D eigenvalue weighted by molar-refractivity contribution is 7.18. The number of aromatic amines is 1. The van der Waals surface area contributed by atoms with Gasteiger partial charge in [-0.05, 0) is 25.1 Å². The number of rotatable bonds is 3. The molecule has 108 valence electrons. The number of nitrogens with zero attached hydrogens (tertiary/aromatic N) is 1. The number of aromatic nitrogens is 2. The van der Waals surface area contributed by atoms with E-state index < -0.39 is 0 Å². The summed E-state index contributed by atoms with van der Waals surface area (Å²) in [4.78, 5) is 3.32. The third-order valence-corrected chi connectivity index (χ3v) is 5.11. The van der Waals surface area contributed by atoms with Crippen molar-refractivity contribution in [3.63, 3.8) is 0 Å². The number of aryl methyl sites for hydroxylation is 1. The quantitative estimate of drug-likeness (QED) is 0.522. The number of nitrogens with one attached hydrogen (secondary N) is 1. The zero-order chi connectivity index (χ0) is 14.9. The van der Waals surface area contributed by atoms with Crippen LogP contribution in [0, 0.1) is 0 Å². The van der Waals surface area contributed by atoms with Crippen molar-refractivity contribution in [1.29, 1.82) is 0 Å². The molecule has 0 spiro atoms. The summed E-state index contributed by atoms with van der Waals surface area (Å²) in [6, 6.07) is 17.0. The van der Waals surface area contributed by atoms with Gasteiger partial charge in [-0.2, -0.15) is 4.57 Å². The monoisotopic (exact) mass is 305 g/mol. The lowest BCUT2D eigenvalue weighted by Crippen LogP contribution is -2.33. The number of para-hydroxylation sites is 2. The van der Waals surface area contributed by atoms with Crippen LogP contribution in [0.3, 0.4) is 0 Å². The van der Waals surface area contributed by atoms with Gasteiger partial charge in [-0.25, -0.2) is 0 Å². The van der Waals surface area contributed by atoms with E-state index in [2.05, 4.69) is 83.4 Å². The Hall–Kier alpha value is -2.39. The van der Waals surface area contributed by atoms with E-state index >= 15 is 0 Å². The standard InChI is InChI=1S/C19H16N2S/c1-2-21-17-9-5-6-10-18(17)22-19(21)12-11-14-13-20-16-8-4-3-7-15(14)16/h3-13H,2H2,1H3/p+1. The van der Waals surface area contributed by atoms with E-state index in [0.29, 0.717) is 0 Å². The van der Waals surface area contributed by atoms with Crippen molar-refractivity contribution in [1.82, 2.24) is 4.98 Å². The lowest BCUT2D eigenvalue weighted by molar-refractivity contribution is -0.665. The van der Waals surface area contributed by atoms with Crippen LogP contribution in [0.5, 0.6) is 0 Å². The number of fused-ring (bicyclic) bond motifs is 2. The minimum Gasteiger partial charge on any atom is -0.361 e. The van der Waals surface area contributed by atoms with Crippen molar-refractivity contribution in [2.24, 2.45) is 0 Å². The lowest BCUT2D eigenvalue weighted by Gasteiger charge is -1.92. The zero-order valence-electron chi connectivity index (χ0n) is 12.4. The van der Waals surface area contributed by atoms with E-state index in [-0.39, 0.29) is 0 Å². The molecule has 0 fully saturated rings. The summed E-state index contributed by atoms with van der Waals surface area (Å²) in [5, 5.41) is 2.55. The number of thiazole rings is 1. The van der Waals surface area contributed by atoms with Crippen LogP contribution in [-0.4, -0.2) is 4.98 Å². The Balaban J connectivity index is 1.80. The molecule has 0 amide bonds. The lowest BCUT2D eigenvalue weighted by atomic mass is 10.1. The first-order chi connectivity index (χ1) is 10.9. The molecule has 2 nitrogen and oxygen atoms in total. The number of benzene rings is 2. The Bertz CT molecular complexity index is 975. The van der Waals surface area contributed by atoms with Crippen LogP contribution < -0.4 is 4.57 Å². The molecule has 0 aliphatic heterocycles. The van der Waals surface area contributed by atoms with Gasteiger partial charge in [-0.15, -0.1) is 0 Å². The van der Waals surface area contributed by atoms with E-state index in [0.717, 1.165) is 6.54 Å². The molecule has 2 heterocycles. The van der Waals surface area contributed by atoms with Gasteiger partial charge in [0.15, 0.2) is 0 Å². The molecule has 0 aliphatic carbocycles. The van der Waals surface area contributed by atoms with Crippen LogP contribution in [0.1, 0.15) is 17.5 Å². The Kier molecular flexibility index (Phi) is 3.28. The molecule has 0 atom stereocenters. The van der Waals surface area contributed by atoms with Gasteiger partial charge in [0.1, 0.15) is 11.2 Å². The Labute approximate surface area is 133 Å². The smallest absolute Gasteiger partial charge is 0.262 e. The van der Waals surface area contributed by atoms with Crippen LogP contribution >= 0.6 is 11.3 Å². The summed E-state index contributed by atoms with van der Waals surface area (Å²) in [5.41, 5.74) is 3.73. The van der Waals surface area contributed by atoms with Crippen molar-refractivity contribution in [3.05, 3.63) is 65.3 Å². The Morgan fingerprint density at radius 3 is 2.77 bits per heavy atom. The second-order valence-corrected chi connectivity index (χ2v) is 6.34. The van der Waals surface area contributed by atoms with Gasteiger partial charge >= 0.3 is 0 Å². The maximum Gasteiger partial charge on any atom is 0.262 e. The first-order valence-electron chi connectivity index (χ1n) is 7.52. The van der Waals surface area contributed by atoms with Crippen LogP contribution in [0.15, 0.2) is 54.7 Å². The van der Waals surface area contributed by atoms with Gasteiger partial charge in [0.25, 0.3) is 5.01 Å². The molecule has 4 aromatic rings. The van der Waals surface area contributed by atoms with Gasteiger partial charge in [-0.3, -0.25) is 0 Å². The third kappa shape index (κ3) is 2.14. The molecule has 0 radical (unpaired) electrons. The number of H-pyrrole nitrogens is 1. The molecule has 0 bridgehead atoms. The van der Waals surface area contributed by atoms with E-state index in [9.17, 15) is 0 Å². The van der Waals surface area contributed by atoms with Gasteiger partial charge in [0, 0.05) is 34.8 Å². The molecule has 3 heteroatoms. The van der Waals surface area contributed by atoms with Gasteiger partial charge in [-0.1, -0.05) is 41.7 Å². The third-order valence-electron chi connectivity index (χ3n) is 3.98. The molecule has 0 saturated heterocycles. The minimum absolute atomic E-state index is 0.984.